The number of carbonyl (C=O) groups is 3. The molecule has 34 heavy (non-hydrogen) atoms. The van der Waals surface area contributed by atoms with Crippen LogP contribution in [0, 0.1) is 22.9 Å². The molecule has 2 amide bonds. The Bertz CT molecular complexity index is 1250. The second kappa shape index (κ2) is 11.1. The summed E-state index contributed by atoms with van der Waals surface area (Å²) in [6.07, 6.45) is 0. The van der Waals surface area contributed by atoms with Crippen LogP contribution in [-0.4, -0.2) is 29.3 Å². The van der Waals surface area contributed by atoms with E-state index in [-0.39, 0.29) is 16.8 Å². The molecule has 0 atom stereocenters. The maximum Gasteiger partial charge on any atom is 0.338 e. The molecule has 9 nitrogen and oxygen atoms in total. The second-order valence-corrected chi connectivity index (χ2v) is 8.03. The molecule has 174 valence electrons. The lowest BCUT2D eigenvalue weighted by molar-refractivity contribution is -0.387. The van der Waals surface area contributed by atoms with E-state index in [1.165, 1.54) is 42.1 Å². The number of nitrogens with zero attached hydrogens (tertiary/aromatic N) is 1. The molecule has 0 aliphatic heterocycles. The van der Waals surface area contributed by atoms with Crippen LogP contribution in [0.3, 0.4) is 0 Å². The van der Waals surface area contributed by atoms with Crippen molar-refractivity contribution in [1.82, 2.24) is 10.9 Å². The van der Waals surface area contributed by atoms with E-state index >= 15 is 0 Å². The maximum atomic E-state index is 13.6. The first kappa shape index (κ1) is 24.4. The van der Waals surface area contributed by atoms with Crippen molar-refractivity contribution >= 4 is 35.2 Å². The SMILES string of the molecule is Cc1ccc(Sc2ccc(C(=O)OCC(=O)NNC(=O)c3ccccc3F)cc2[N+](=O)[O-])cc1. The summed E-state index contributed by atoms with van der Waals surface area (Å²) in [5.41, 5.74) is 4.35. The minimum absolute atomic E-state index is 0.122. The van der Waals surface area contributed by atoms with Gasteiger partial charge in [-0.05, 0) is 43.3 Å². The number of nitro groups is 1. The third kappa shape index (κ3) is 6.39. The molecule has 0 unspecified atom stereocenters. The van der Waals surface area contributed by atoms with Crippen molar-refractivity contribution in [2.24, 2.45) is 0 Å². The number of amides is 2. The quantitative estimate of drug-likeness (QED) is 0.297. The van der Waals surface area contributed by atoms with Gasteiger partial charge in [0, 0.05) is 11.0 Å². The molecule has 0 fully saturated rings. The number of nitrogens with one attached hydrogen (secondary N) is 2. The van der Waals surface area contributed by atoms with Crippen molar-refractivity contribution in [2.75, 3.05) is 6.61 Å². The Morgan fingerprint density at radius 1 is 1.03 bits per heavy atom. The molecule has 0 spiro atoms. The van der Waals surface area contributed by atoms with Gasteiger partial charge in [0.1, 0.15) is 5.82 Å². The van der Waals surface area contributed by atoms with E-state index in [0.29, 0.717) is 4.90 Å². The molecule has 11 heteroatoms. The average Bonchev–Trinajstić information content (AvgIpc) is 2.82. The number of hydrogen-bond donors (Lipinski definition) is 2. The number of nitro benzene ring substituents is 1. The summed E-state index contributed by atoms with van der Waals surface area (Å²) < 4.78 is 18.4. The third-order valence-corrected chi connectivity index (χ3v) is 5.48. The molecule has 0 radical (unpaired) electrons. The molecule has 0 heterocycles. The van der Waals surface area contributed by atoms with Crippen LogP contribution in [0.15, 0.2) is 76.5 Å². The Labute approximate surface area is 197 Å². The lowest BCUT2D eigenvalue weighted by Crippen LogP contribution is -2.43. The van der Waals surface area contributed by atoms with Crippen LogP contribution in [0.25, 0.3) is 0 Å². The first-order valence-electron chi connectivity index (χ1n) is 9.78. The summed E-state index contributed by atoms with van der Waals surface area (Å²) in [4.78, 5) is 48.0. The molecule has 3 rings (SSSR count). The molecule has 3 aromatic rings. The molecule has 0 saturated heterocycles. The van der Waals surface area contributed by atoms with Gasteiger partial charge in [-0.2, -0.15) is 0 Å². The smallest absolute Gasteiger partial charge is 0.338 e. The van der Waals surface area contributed by atoms with Crippen LogP contribution in [-0.2, 0) is 9.53 Å². The Balaban J connectivity index is 1.58. The summed E-state index contributed by atoms with van der Waals surface area (Å²) >= 11 is 1.17. The summed E-state index contributed by atoms with van der Waals surface area (Å²) in [5.74, 6) is -3.52. The zero-order valence-corrected chi connectivity index (χ0v) is 18.6. The first-order valence-corrected chi connectivity index (χ1v) is 10.6. The molecule has 0 aromatic heterocycles. The highest BCUT2D eigenvalue weighted by Gasteiger charge is 2.20. The van der Waals surface area contributed by atoms with E-state index in [0.717, 1.165) is 22.6 Å². The van der Waals surface area contributed by atoms with E-state index in [9.17, 15) is 28.9 Å². The number of aryl methyl sites for hydroxylation is 1. The predicted molar refractivity (Wildman–Crippen MR) is 121 cm³/mol. The average molecular weight is 483 g/mol. The second-order valence-electron chi connectivity index (χ2n) is 6.91. The number of hydrogen-bond acceptors (Lipinski definition) is 7. The third-order valence-electron chi connectivity index (χ3n) is 4.41. The van der Waals surface area contributed by atoms with Gasteiger partial charge in [-0.1, -0.05) is 41.6 Å². The molecule has 0 aliphatic rings. The van der Waals surface area contributed by atoms with E-state index in [2.05, 4.69) is 0 Å². The molecular formula is C23H18FN3O6S. The zero-order chi connectivity index (χ0) is 24.7. The number of esters is 1. The molecule has 0 saturated carbocycles. The van der Waals surface area contributed by atoms with Gasteiger partial charge in [0.15, 0.2) is 6.61 Å². The number of ether oxygens (including phenoxy) is 1. The minimum Gasteiger partial charge on any atom is -0.452 e. The van der Waals surface area contributed by atoms with Crippen molar-refractivity contribution in [2.45, 2.75) is 16.7 Å². The van der Waals surface area contributed by atoms with Crippen LogP contribution in [0.1, 0.15) is 26.3 Å². The maximum absolute atomic E-state index is 13.6. The van der Waals surface area contributed by atoms with Crippen molar-refractivity contribution in [3.05, 3.63) is 99.4 Å². The number of carbonyl (C=O) groups excluding carboxylic acids is 3. The fourth-order valence-electron chi connectivity index (χ4n) is 2.70. The molecule has 2 N–H and O–H groups in total. The van der Waals surface area contributed by atoms with E-state index in [4.69, 9.17) is 4.74 Å². The van der Waals surface area contributed by atoms with Crippen molar-refractivity contribution in [3.63, 3.8) is 0 Å². The van der Waals surface area contributed by atoms with Crippen LogP contribution in [0.2, 0.25) is 0 Å². The highest BCUT2D eigenvalue weighted by molar-refractivity contribution is 7.99. The van der Waals surface area contributed by atoms with Crippen molar-refractivity contribution in [1.29, 1.82) is 0 Å². The monoisotopic (exact) mass is 483 g/mol. The van der Waals surface area contributed by atoms with E-state index in [1.807, 2.05) is 42.0 Å². The molecule has 0 bridgehead atoms. The lowest BCUT2D eigenvalue weighted by Gasteiger charge is -2.09. The molecule has 0 aliphatic carbocycles. The first-order chi connectivity index (χ1) is 16.2. The Morgan fingerprint density at radius 2 is 1.74 bits per heavy atom. The lowest BCUT2D eigenvalue weighted by atomic mass is 10.2. The summed E-state index contributed by atoms with van der Waals surface area (Å²) in [7, 11) is 0. The Kier molecular flexibility index (Phi) is 7.93. The molecule has 3 aromatic carbocycles. The highest BCUT2D eigenvalue weighted by Crippen LogP contribution is 2.35. The summed E-state index contributed by atoms with van der Waals surface area (Å²) in [6.45, 7) is 1.15. The van der Waals surface area contributed by atoms with Crippen molar-refractivity contribution < 1.29 is 28.4 Å². The Hall–Kier alpha value is -4.25. The van der Waals surface area contributed by atoms with Gasteiger partial charge in [0.25, 0.3) is 17.5 Å². The minimum atomic E-state index is -0.967. The van der Waals surface area contributed by atoms with Gasteiger partial charge in [0.2, 0.25) is 0 Å². The fraction of sp³-hybridized carbons (Fsp3) is 0.0870. The predicted octanol–water partition coefficient (Wildman–Crippen LogP) is 3.81. The number of benzene rings is 3. The highest BCUT2D eigenvalue weighted by atomic mass is 32.2. The topological polar surface area (TPSA) is 128 Å². The van der Waals surface area contributed by atoms with Crippen LogP contribution >= 0.6 is 11.8 Å². The van der Waals surface area contributed by atoms with E-state index < -0.39 is 35.1 Å². The van der Waals surface area contributed by atoms with Crippen LogP contribution in [0.4, 0.5) is 10.1 Å². The van der Waals surface area contributed by atoms with Gasteiger partial charge >= 0.3 is 5.97 Å². The van der Waals surface area contributed by atoms with E-state index in [1.54, 1.807) is 0 Å². The summed E-state index contributed by atoms with van der Waals surface area (Å²) in [6, 6.07) is 16.4. The normalized spacial score (nSPS) is 10.3. The number of hydrazine groups is 1. The zero-order valence-electron chi connectivity index (χ0n) is 17.7. The summed E-state index contributed by atoms with van der Waals surface area (Å²) in [5, 5.41) is 11.5. The Morgan fingerprint density at radius 3 is 2.41 bits per heavy atom. The largest absolute Gasteiger partial charge is 0.452 e. The van der Waals surface area contributed by atoms with Gasteiger partial charge in [-0.3, -0.25) is 30.6 Å². The van der Waals surface area contributed by atoms with Crippen LogP contribution < -0.4 is 10.9 Å². The van der Waals surface area contributed by atoms with Crippen molar-refractivity contribution in [3.8, 4) is 0 Å². The van der Waals surface area contributed by atoms with Gasteiger partial charge in [-0.25, -0.2) is 9.18 Å². The van der Waals surface area contributed by atoms with Gasteiger partial charge in [0.05, 0.1) is 20.9 Å². The molecular weight excluding hydrogens is 465 g/mol. The number of rotatable bonds is 7. The van der Waals surface area contributed by atoms with Gasteiger partial charge < -0.3 is 4.74 Å². The fourth-order valence-corrected chi connectivity index (χ4v) is 3.60. The van der Waals surface area contributed by atoms with Crippen LogP contribution in [0.5, 0.6) is 0 Å². The van der Waals surface area contributed by atoms with Gasteiger partial charge in [-0.15, -0.1) is 0 Å². The standard InChI is InChI=1S/C23H18FN3O6S/c1-14-6-9-16(10-7-14)34-20-11-8-15(12-19(20)27(31)32)23(30)33-13-21(28)25-26-22(29)17-4-2-3-5-18(17)24/h2-12H,13H2,1H3,(H,25,28)(H,26,29). The number of halogens is 1.